The summed E-state index contributed by atoms with van der Waals surface area (Å²) in [7, 11) is 0. The fraction of sp³-hybridized carbons (Fsp3) is 0.235. The molecule has 22 heavy (non-hydrogen) atoms. The van der Waals surface area contributed by atoms with Gasteiger partial charge >= 0.3 is 5.97 Å². The van der Waals surface area contributed by atoms with Gasteiger partial charge in [-0.25, -0.2) is 0 Å². The van der Waals surface area contributed by atoms with Crippen LogP contribution in [0.15, 0.2) is 48.2 Å². The van der Waals surface area contributed by atoms with Crippen LogP contribution in [0.4, 0.5) is 0 Å². The minimum atomic E-state index is -0.443. The lowest BCUT2D eigenvalue weighted by Crippen LogP contribution is -2.07. The zero-order valence-corrected chi connectivity index (χ0v) is 12.3. The van der Waals surface area contributed by atoms with Crippen molar-refractivity contribution < 1.29 is 14.5 Å². The summed E-state index contributed by atoms with van der Waals surface area (Å²) >= 11 is 0. The molecule has 0 amide bonds. The minimum absolute atomic E-state index is 0.00408. The maximum atomic E-state index is 11.4. The second kappa shape index (κ2) is 7.36. The fourth-order valence-electron chi connectivity index (χ4n) is 2.24. The Morgan fingerprint density at radius 3 is 2.64 bits per heavy atom. The molecule has 0 aliphatic carbocycles. The first kappa shape index (κ1) is 15.7. The van der Waals surface area contributed by atoms with Crippen LogP contribution in [0.25, 0.3) is 16.8 Å². The van der Waals surface area contributed by atoms with Gasteiger partial charge in [0.25, 0.3) is 0 Å². The second-order valence-electron chi connectivity index (χ2n) is 4.77. The molecule has 0 spiro atoms. The quantitative estimate of drug-likeness (QED) is 0.462. The lowest BCUT2D eigenvalue weighted by molar-refractivity contribution is -0.426. The summed E-state index contributed by atoms with van der Waals surface area (Å²) in [6.07, 6.45) is 1.59. The molecule has 114 valence electrons. The topological polar surface area (TPSA) is 69.4 Å². The number of rotatable bonds is 6. The Hall–Kier alpha value is -2.69. The van der Waals surface area contributed by atoms with Crippen molar-refractivity contribution in [1.29, 1.82) is 0 Å². The number of nitrogens with zero attached hydrogens (tertiary/aromatic N) is 1. The van der Waals surface area contributed by atoms with Crippen molar-refractivity contribution in [3.05, 3.63) is 63.8 Å². The van der Waals surface area contributed by atoms with E-state index in [1.54, 1.807) is 6.92 Å². The lowest BCUT2D eigenvalue weighted by atomic mass is 10.0. The van der Waals surface area contributed by atoms with Gasteiger partial charge in [0.05, 0.1) is 18.0 Å². The number of allylic oxidation sites excluding steroid dienone is 1. The molecule has 0 N–H and O–H groups in total. The smallest absolute Gasteiger partial charge is 0.306 e. The van der Waals surface area contributed by atoms with Gasteiger partial charge in [0, 0.05) is 12.5 Å². The molecule has 0 aromatic heterocycles. The average Bonchev–Trinajstić information content (AvgIpc) is 2.51. The third-order valence-electron chi connectivity index (χ3n) is 3.27. The van der Waals surface area contributed by atoms with Crippen molar-refractivity contribution in [2.45, 2.75) is 19.8 Å². The Kier molecular flexibility index (Phi) is 5.25. The van der Waals surface area contributed by atoms with Crippen molar-refractivity contribution in [3.63, 3.8) is 0 Å². The molecule has 2 aromatic rings. The van der Waals surface area contributed by atoms with Gasteiger partial charge in [0.2, 0.25) is 5.70 Å². The second-order valence-corrected chi connectivity index (χ2v) is 4.77. The Balaban J connectivity index is 2.29. The number of ether oxygens (including phenoxy) is 1. The summed E-state index contributed by atoms with van der Waals surface area (Å²) in [5.74, 6) is -0.423. The first-order valence-corrected chi connectivity index (χ1v) is 7.10. The summed E-state index contributed by atoms with van der Waals surface area (Å²) in [5.41, 5.74) is 0.776. The van der Waals surface area contributed by atoms with E-state index in [4.69, 9.17) is 4.74 Å². The molecule has 2 aromatic carbocycles. The maximum Gasteiger partial charge on any atom is 0.306 e. The third-order valence-corrected chi connectivity index (χ3v) is 3.27. The van der Waals surface area contributed by atoms with E-state index in [0.29, 0.717) is 0 Å². The van der Waals surface area contributed by atoms with Crippen LogP contribution in [0.5, 0.6) is 0 Å². The number of fused-ring (bicyclic) bond motifs is 1. The molecule has 0 aliphatic rings. The predicted octanol–water partition coefficient (Wildman–Crippen LogP) is 3.80. The average molecular weight is 299 g/mol. The van der Waals surface area contributed by atoms with Crippen molar-refractivity contribution in [2.24, 2.45) is 0 Å². The molecule has 2 rings (SSSR count). The standard InChI is InChI=1S/C17H17NO4/c1-2-22-17(19)11-10-15(18(20)21)12-14-8-5-7-13-6-3-4-9-16(13)14/h3-9,12H,2,10-11H2,1H3/b15-12+. The van der Waals surface area contributed by atoms with E-state index in [2.05, 4.69) is 0 Å². The van der Waals surface area contributed by atoms with Crippen LogP contribution in [0, 0.1) is 10.1 Å². The van der Waals surface area contributed by atoms with Gasteiger partial charge < -0.3 is 4.74 Å². The van der Waals surface area contributed by atoms with Gasteiger partial charge in [-0.1, -0.05) is 42.5 Å². The minimum Gasteiger partial charge on any atom is -0.466 e. The van der Waals surface area contributed by atoms with Gasteiger partial charge in [0.1, 0.15) is 0 Å². The van der Waals surface area contributed by atoms with Crippen LogP contribution >= 0.6 is 0 Å². The monoisotopic (exact) mass is 299 g/mol. The van der Waals surface area contributed by atoms with E-state index >= 15 is 0 Å². The summed E-state index contributed by atoms with van der Waals surface area (Å²) in [4.78, 5) is 22.1. The highest BCUT2D eigenvalue weighted by Crippen LogP contribution is 2.22. The van der Waals surface area contributed by atoms with Crippen molar-refractivity contribution in [2.75, 3.05) is 6.61 Å². The molecule has 0 saturated carbocycles. The van der Waals surface area contributed by atoms with E-state index in [-0.39, 0.29) is 25.1 Å². The fourth-order valence-corrected chi connectivity index (χ4v) is 2.24. The molecule has 5 nitrogen and oxygen atoms in total. The number of carbonyl (C=O) groups is 1. The van der Waals surface area contributed by atoms with Crippen LogP contribution in [-0.4, -0.2) is 17.5 Å². The number of benzene rings is 2. The van der Waals surface area contributed by atoms with E-state index in [1.807, 2.05) is 42.5 Å². The zero-order chi connectivity index (χ0) is 15.9. The molecular formula is C17H17NO4. The Bertz CT molecular complexity index is 716. The molecule has 0 atom stereocenters. The van der Waals surface area contributed by atoms with Crippen molar-refractivity contribution >= 4 is 22.8 Å². The first-order chi connectivity index (χ1) is 10.6. The van der Waals surface area contributed by atoms with Crippen LogP contribution in [0.2, 0.25) is 0 Å². The van der Waals surface area contributed by atoms with Gasteiger partial charge in [-0.2, -0.15) is 0 Å². The molecule has 0 unspecified atom stereocenters. The molecule has 0 saturated heterocycles. The van der Waals surface area contributed by atoms with E-state index in [9.17, 15) is 14.9 Å². The molecule has 0 radical (unpaired) electrons. The summed E-state index contributed by atoms with van der Waals surface area (Å²) < 4.78 is 4.80. The summed E-state index contributed by atoms with van der Waals surface area (Å²) in [6.45, 7) is 1.98. The number of hydrogen-bond acceptors (Lipinski definition) is 4. The molecule has 0 bridgehead atoms. The van der Waals surface area contributed by atoms with Gasteiger partial charge in [-0.3, -0.25) is 14.9 Å². The number of carbonyl (C=O) groups excluding carboxylic acids is 1. The third kappa shape index (κ3) is 3.91. The van der Waals surface area contributed by atoms with Gasteiger partial charge in [-0.05, 0) is 23.3 Å². The van der Waals surface area contributed by atoms with Gasteiger partial charge in [-0.15, -0.1) is 0 Å². The molecule has 5 heteroatoms. The summed E-state index contributed by atoms with van der Waals surface area (Å²) in [6, 6.07) is 13.3. The van der Waals surface area contributed by atoms with E-state index < -0.39 is 10.9 Å². The highest BCUT2D eigenvalue weighted by atomic mass is 16.6. The van der Waals surface area contributed by atoms with E-state index in [1.165, 1.54) is 6.08 Å². The Morgan fingerprint density at radius 2 is 1.91 bits per heavy atom. The number of esters is 1. The normalized spacial score (nSPS) is 11.4. The van der Waals surface area contributed by atoms with Crippen LogP contribution in [-0.2, 0) is 9.53 Å². The van der Waals surface area contributed by atoms with Crippen LogP contribution in [0.3, 0.4) is 0 Å². The highest BCUT2D eigenvalue weighted by molar-refractivity contribution is 5.90. The Labute approximate surface area is 128 Å². The highest BCUT2D eigenvalue weighted by Gasteiger charge is 2.14. The largest absolute Gasteiger partial charge is 0.466 e. The SMILES string of the molecule is CCOC(=O)CC/C(=C\c1cccc2ccccc12)[N+](=O)[O-]. The molecule has 0 aliphatic heterocycles. The molecule has 0 fully saturated rings. The number of nitro groups is 1. The lowest BCUT2D eigenvalue weighted by Gasteiger charge is -2.03. The number of hydrogen-bond donors (Lipinski definition) is 0. The predicted molar refractivity (Wildman–Crippen MR) is 84.8 cm³/mol. The first-order valence-electron chi connectivity index (χ1n) is 7.10. The maximum absolute atomic E-state index is 11.4. The molecule has 0 heterocycles. The van der Waals surface area contributed by atoms with Crippen LogP contribution < -0.4 is 0 Å². The summed E-state index contributed by atoms with van der Waals surface area (Å²) in [5, 5.41) is 13.2. The Morgan fingerprint density at radius 1 is 1.18 bits per heavy atom. The van der Waals surface area contributed by atoms with Gasteiger partial charge in [0.15, 0.2) is 0 Å². The van der Waals surface area contributed by atoms with Crippen LogP contribution in [0.1, 0.15) is 25.3 Å². The van der Waals surface area contributed by atoms with Crippen molar-refractivity contribution in [3.8, 4) is 0 Å². The van der Waals surface area contributed by atoms with Crippen molar-refractivity contribution in [1.82, 2.24) is 0 Å². The van der Waals surface area contributed by atoms with E-state index in [0.717, 1.165) is 16.3 Å². The molecular weight excluding hydrogens is 282 g/mol. The zero-order valence-electron chi connectivity index (χ0n) is 12.3.